The quantitative estimate of drug-likeness (QED) is 0.493. The van der Waals surface area contributed by atoms with E-state index in [4.69, 9.17) is 0 Å². The minimum absolute atomic E-state index is 0.806. The van der Waals surface area contributed by atoms with Crippen LogP contribution in [-0.4, -0.2) is 37.1 Å². The van der Waals surface area contributed by atoms with Gasteiger partial charge in [-0.25, -0.2) is 0 Å². The molecule has 0 saturated carbocycles. The maximum atomic E-state index is 3.51. The molecule has 9 heavy (non-hydrogen) atoms. The van der Waals surface area contributed by atoms with Gasteiger partial charge >= 0.3 is 0 Å². The van der Waals surface area contributed by atoms with E-state index in [2.05, 4.69) is 17.3 Å². The van der Waals surface area contributed by atoms with E-state index in [-0.39, 0.29) is 0 Å². The molecule has 2 atom stereocenters. The van der Waals surface area contributed by atoms with Gasteiger partial charge in [0.05, 0.1) is 0 Å². The Morgan fingerprint density at radius 1 is 1.44 bits per heavy atom. The molecule has 0 aromatic heterocycles. The average molecular weight is 126 g/mol. The average Bonchev–Trinajstić information content (AvgIpc) is 1.90. The van der Waals surface area contributed by atoms with Crippen molar-refractivity contribution in [2.75, 3.05) is 20.1 Å². The third-order valence-corrected chi connectivity index (χ3v) is 2.62. The molecule has 0 aliphatic carbocycles. The zero-order valence-corrected chi connectivity index (χ0v) is 5.93. The number of hydrogen-bond donors (Lipinski definition) is 1. The Kier molecular flexibility index (Phi) is 1.24. The second-order valence-corrected chi connectivity index (χ2v) is 3.28. The lowest BCUT2D eigenvalue weighted by molar-refractivity contribution is 0.101. The molecular weight excluding hydrogens is 112 g/mol. The van der Waals surface area contributed by atoms with Crippen LogP contribution in [0.4, 0.5) is 0 Å². The summed E-state index contributed by atoms with van der Waals surface area (Å²) in [4.78, 5) is 2.48. The van der Waals surface area contributed by atoms with Crippen molar-refractivity contribution in [2.24, 2.45) is 0 Å². The number of likely N-dealkylation sites (N-methyl/N-ethyl adjacent to an activating group) is 1. The zero-order valence-electron chi connectivity index (χ0n) is 5.93. The number of nitrogens with zero attached hydrogens (tertiary/aromatic N) is 1. The van der Waals surface area contributed by atoms with Crippen LogP contribution in [0.2, 0.25) is 0 Å². The molecule has 52 valence electrons. The van der Waals surface area contributed by atoms with Crippen molar-refractivity contribution in [1.29, 1.82) is 0 Å². The fourth-order valence-electron chi connectivity index (χ4n) is 1.93. The summed E-state index contributed by atoms with van der Waals surface area (Å²) >= 11 is 0. The monoisotopic (exact) mass is 126 g/mol. The van der Waals surface area contributed by atoms with Gasteiger partial charge in [0.1, 0.15) is 0 Å². The first-order chi connectivity index (χ1) is 4.36. The normalized spacial score (nSPS) is 43.7. The summed E-state index contributed by atoms with van der Waals surface area (Å²) in [6, 6.07) is 1.65. The Labute approximate surface area is 56.2 Å². The first kappa shape index (κ1) is 5.69. The van der Waals surface area contributed by atoms with Crippen molar-refractivity contribution >= 4 is 0 Å². The summed E-state index contributed by atoms with van der Waals surface area (Å²) in [5, 5.41) is 3.51. The number of piperazine rings is 1. The van der Waals surface area contributed by atoms with Gasteiger partial charge in [-0.2, -0.15) is 0 Å². The lowest BCUT2D eigenvalue weighted by Crippen LogP contribution is -2.59. The number of fused-ring (bicyclic) bond motifs is 3. The summed E-state index contributed by atoms with van der Waals surface area (Å²) in [6.45, 7) is 2.49. The first-order valence-corrected chi connectivity index (χ1v) is 3.80. The number of nitrogens with one attached hydrogen (secondary N) is 1. The van der Waals surface area contributed by atoms with Gasteiger partial charge in [-0.05, 0) is 19.9 Å². The summed E-state index contributed by atoms with van der Waals surface area (Å²) < 4.78 is 0. The second kappa shape index (κ2) is 1.96. The van der Waals surface area contributed by atoms with Gasteiger partial charge in [0.25, 0.3) is 0 Å². The molecule has 3 saturated heterocycles. The summed E-state index contributed by atoms with van der Waals surface area (Å²) in [7, 11) is 2.23. The largest absolute Gasteiger partial charge is 0.311 e. The Morgan fingerprint density at radius 2 is 2.33 bits per heavy atom. The molecule has 3 fully saturated rings. The predicted octanol–water partition coefficient (Wildman–Crippen LogP) is 0.0524. The second-order valence-electron chi connectivity index (χ2n) is 3.28. The molecule has 3 rings (SSSR count). The SMILES string of the molecule is CN1C[C@@H]2CC[C@@H]1CN2. The minimum atomic E-state index is 0.806. The van der Waals surface area contributed by atoms with E-state index in [0.29, 0.717) is 0 Å². The molecule has 0 radical (unpaired) electrons. The summed E-state index contributed by atoms with van der Waals surface area (Å²) in [6.07, 6.45) is 2.81. The van der Waals surface area contributed by atoms with Gasteiger partial charge in [-0.1, -0.05) is 0 Å². The van der Waals surface area contributed by atoms with Gasteiger partial charge in [0, 0.05) is 25.2 Å². The number of hydrogen-bond acceptors (Lipinski definition) is 2. The van der Waals surface area contributed by atoms with Crippen LogP contribution in [0.1, 0.15) is 12.8 Å². The van der Waals surface area contributed by atoms with Crippen molar-refractivity contribution in [1.82, 2.24) is 10.2 Å². The first-order valence-electron chi connectivity index (χ1n) is 3.80. The van der Waals surface area contributed by atoms with Crippen LogP contribution in [0.15, 0.2) is 0 Å². The van der Waals surface area contributed by atoms with Crippen LogP contribution in [0.3, 0.4) is 0 Å². The third kappa shape index (κ3) is 0.864. The molecule has 0 aromatic rings. The van der Waals surface area contributed by atoms with Crippen molar-refractivity contribution in [3.63, 3.8) is 0 Å². The molecule has 3 aliphatic rings. The van der Waals surface area contributed by atoms with Crippen molar-refractivity contribution < 1.29 is 0 Å². The van der Waals surface area contributed by atoms with E-state index in [1.54, 1.807) is 0 Å². The van der Waals surface area contributed by atoms with Gasteiger partial charge in [-0.3, -0.25) is 0 Å². The maximum absolute atomic E-state index is 3.51. The molecule has 1 N–H and O–H groups in total. The molecule has 3 aliphatic heterocycles. The van der Waals surface area contributed by atoms with E-state index in [9.17, 15) is 0 Å². The van der Waals surface area contributed by atoms with E-state index in [1.807, 2.05) is 0 Å². The highest BCUT2D eigenvalue weighted by Crippen LogP contribution is 2.19. The topological polar surface area (TPSA) is 15.3 Å². The maximum Gasteiger partial charge on any atom is 0.0218 e. The number of rotatable bonds is 0. The molecular formula is C7H14N2. The molecule has 0 spiro atoms. The molecule has 3 heterocycles. The van der Waals surface area contributed by atoms with Gasteiger partial charge in [0.2, 0.25) is 0 Å². The zero-order chi connectivity index (χ0) is 6.27. The highest BCUT2D eigenvalue weighted by molar-refractivity contribution is 4.90. The van der Waals surface area contributed by atoms with Crippen LogP contribution in [-0.2, 0) is 0 Å². The van der Waals surface area contributed by atoms with Gasteiger partial charge in [-0.15, -0.1) is 0 Å². The van der Waals surface area contributed by atoms with Gasteiger partial charge in [0.15, 0.2) is 0 Å². The molecule has 2 nitrogen and oxygen atoms in total. The Hall–Kier alpha value is -0.0800. The van der Waals surface area contributed by atoms with E-state index >= 15 is 0 Å². The van der Waals surface area contributed by atoms with Crippen molar-refractivity contribution in [3.8, 4) is 0 Å². The Morgan fingerprint density at radius 3 is 2.56 bits per heavy atom. The van der Waals surface area contributed by atoms with Crippen LogP contribution >= 0.6 is 0 Å². The van der Waals surface area contributed by atoms with E-state index in [0.717, 1.165) is 12.1 Å². The summed E-state index contributed by atoms with van der Waals surface area (Å²) in [5.74, 6) is 0. The van der Waals surface area contributed by atoms with Crippen LogP contribution in [0, 0.1) is 0 Å². The van der Waals surface area contributed by atoms with Crippen molar-refractivity contribution in [2.45, 2.75) is 24.9 Å². The molecule has 2 bridgehead atoms. The Balaban J connectivity index is 2.06. The van der Waals surface area contributed by atoms with E-state index in [1.165, 1.54) is 25.9 Å². The smallest absolute Gasteiger partial charge is 0.0218 e. The highest BCUT2D eigenvalue weighted by atomic mass is 15.2. The molecule has 0 unspecified atom stereocenters. The standard InChI is InChI=1S/C7H14N2/c1-9-5-6-2-3-7(9)4-8-6/h6-8H,2-5H2,1H3/t6-,7+/m0/s1. The lowest BCUT2D eigenvalue weighted by atomic mass is 9.94. The number of piperidine rings is 2. The molecule has 0 aromatic carbocycles. The Bertz CT molecular complexity index is 105. The fraction of sp³-hybridized carbons (Fsp3) is 1.00. The summed E-state index contributed by atoms with van der Waals surface area (Å²) in [5.41, 5.74) is 0. The highest BCUT2D eigenvalue weighted by Gasteiger charge is 2.30. The predicted molar refractivity (Wildman–Crippen MR) is 37.4 cm³/mol. The lowest BCUT2D eigenvalue weighted by Gasteiger charge is -2.44. The van der Waals surface area contributed by atoms with Crippen LogP contribution in [0.25, 0.3) is 0 Å². The molecule has 0 amide bonds. The molecule has 2 heteroatoms. The van der Waals surface area contributed by atoms with Gasteiger partial charge < -0.3 is 10.2 Å². The van der Waals surface area contributed by atoms with Crippen molar-refractivity contribution in [3.05, 3.63) is 0 Å². The fourth-order valence-corrected chi connectivity index (χ4v) is 1.93. The van der Waals surface area contributed by atoms with Crippen LogP contribution in [0.5, 0.6) is 0 Å². The van der Waals surface area contributed by atoms with E-state index < -0.39 is 0 Å². The van der Waals surface area contributed by atoms with Crippen LogP contribution < -0.4 is 5.32 Å². The minimum Gasteiger partial charge on any atom is -0.311 e. The third-order valence-electron chi connectivity index (χ3n) is 2.62.